The summed E-state index contributed by atoms with van der Waals surface area (Å²) in [6.07, 6.45) is -1.52. The van der Waals surface area contributed by atoms with Gasteiger partial charge in [0.1, 0.15) is 18.0 Å². The van der Waals surface area contributed by atoms with Crippen LogP contribution < -0.4 is 20.7 Å². The third-order valence-corrected chi connectivity index (χ3v) is 6.67. The summed E-state index contributed by atoms with van der Waals surface area (Å²) in [6.45, 7) is 7.16. The zero-order valence-corrected chi connectivity index (χ0v) is 23.5. The van der Waals surface area contributed by atoms with Crippen molar-refractivity contribution in [3.05, 3.63) is 66.0 Å². The number of halogens is 3. The predicted molar refractivity (Wildman–Crippen MR) is 153 cm³/mol. The summed E-state index contributed by atoms with van der Waals surface area (Å²) in [7, 11) is 1.44. The van der Waals surface area contributed by atoms with Crippen molar-refractivity contribution in [2.24, 2.45) is 0 Å². The first-order valence-electron chi connectivity index (χ1n) is 13.2. The lowest BCUT2D eigenvalue weighted by Gasteiger charge is -2.34. The van der Waals surface area contributed by atoms with Crippen molar-refractivity contribution in [3.63, 3.8) is 0 Å². The molecule has 2 amide bonds. The quantitative estimate of drug-likeness (QED) is 0.255. The molecule has 0 spiro atoms. The molecule has 4 N–H and O–H groups in total. The number of nitrogens with zero attached hydrogens (tertiary/aromatic N) is 5. The number of hydrogen-bond acceptors (Lipinski definition) is 10. The number of amides is 2. The van der Waals surface area contributed by atoms with Gasteiger partial charge in [-0.2, -0.15) is 18.2 Å². The first-order valence-corrected chi connectivity index (χ1v) is 13.2. The summed E-state index contributed by atoms with van der Waals surface area (Å²) in [5.41, 5.74) is 1.21. The number of pyridine rings is 1. The number of piperazine rings is 1. The van der Waals surface area contributed by atoms with Crippen LogP contribution in [0.25, 0.3) is 0 Å². The Balaban J connectivity index is 1.62. The summed E-state index contributed by atoms with van der Waals surface area (Å²) in [5.74, 6) is -1.24. The van der Waals surface area contributed by atoms with Crippen LogP contribution in [-0.2, 0) is 22.3 Å². The first-order chi connectivity index (χ1) is 20.5. The Morgan fingerprint density at radius 1 is 1.07 bits per heavy atom. The number of aliphatic hydroxyl groups excluding tert-OH is 1. The van der Waals surface area contributed by atoms with E-state index in [0.717, 1.165) is 11.6 Å². The van der Waals surface area contributed by atoms with Gasteiger partial charge >= 0.3 is 6.18 Å². The van der Waals surface area contributed by atoms with Gasteiger partial charge in [-0.1, -0.05) is 12.6 Å². The highest BCUT2D eigenvalue weighted by Crippen LogP contribution is 2.37. The summed E-state index contributed by atoms with van der Waals surface area (Å²) in [6, 6.07) is 6.48. The minimum Gasteiger partial charge on any atom is -0.481 e. The largest absolute Gasteiger partial charge is 0.481 e. The van der Waals surface area contributed by atoms with Gasteiger partial charge in [0, 0.05) is 51.2 Å². The second-order valence-corrected chi connectivity index (χ2v) is 9.63. The fraction of sp³-hybridized carbons (Fsp3) is 0.321. The van der Waals surface area contributed by atoms with Crippen LogP contribution >= 0.6 is 0 Å². The molecule has 1 aliphatic rings. The molecule has 1 fully saturated rings. The predicted octanol–water partition coefficient (Wildman–Crippen LogP) is 3.46. The highest BCUT2D eigenvalue weighted by Gasteiger charge is 2.35. The molecule has 1 aromatic carbocycles. The topological polar surface area (TPSA) is 145 Å². The van der Waals surface area contributed by atoms with E-state index in [1.165, 1.54) is 13.3 Å². The molecule has 228 valence electrons. The number of nitrogens with one attached hydrogen (secondary N) is 3. The highest BCUT2D eigenvalue weighted by atomic mass is 19.4. The molecule has 3 aromatic rings. The maximum Gasteiger partial charge on any atom is 0.421 e. The fourth-order valence-corrected chi connectivity index (χ4v) is 4.34. The second-order valence-electron chi connectivity index (χ2n) is 9.63. The second kappa shape index (κ2) is 13.5. The molecule has 3 heterocycles. The van der Waals surface area contributed by atoms with Crippen LogP contribution in [0.2, 0.25) is 0 Å². The molecule has 0 saturated carbocycles. The monoisotopic (exact) mass is 600 g/mol. The lowest BCUT2D eigenvalue weighted by atomic mass is 10.1. The molecule has 1 aliphatic heterocycles. The number of aliphatic hydroxyl groups is 1. The highest BCUT2D eigenvalue weighted by molar-refractivity contribution is 6.01. The average Bonchev–Trinajstić information content (AvgIpc) is 2.99. The van der Waals surface area contributed by atoms with Gasteiger partial charge in [-0.25, -0.2) is 9.97 Å². The SMILES string of the molecule is C=CC(=O)Nc1cc(CN2CCN(C(=O)CO)CC2)ccc1Nc1nc(Nc2cc(OC)ncc2C)ncc1C(F)(F)F. The molecule has 12 nitrogen and oxygen atoms in total. The van der Waals surface area contributed by atoms with Crippen LogP contribution in [0.3, 0.4) is 0 Å². The van der Waals surface area contributed by atoms with E-state index in [2.05, 4.69) is 42.4 Å². The number of ether oxygens (including phenoxy) is 1. The zero-order valence-electron chi connectivity index (χ0n) is 23.5. The lowest BCUT2D eigenvalue weighted by molar-refractivity contribution is -0.137. The maximum absolute atomic E-state index is 14.0. The van der Waals surface area contributed by atoms with Crippen LogP contribution in [0.1, 0.15) is 16.7 Å². The summed E-state index contributed by atoms with van der Waals surface area (Å²) < 4.78 is 47.0. The first kappa shape index (κ1) is 31.2. The van der Waals surface area contributed by atoms with Crippen LogP contribution in [0.4, 0.5) is 42.0 Å². The molecule has 0 bridgehead atoms. The minimum absolute atomic E-state index is 0.112. The number of rotatable bonds is 10. The van der Waals surface area contributed by atoms with E-state index in [9.17, 15) is 22.8 Å². The van der Waals surface area contributed by atoms with Crippen LogP contribution in [0.5, 0.6) is 5.88 Å². The van der Waals surface area contributed by atoms with Crippen LogP contribution in [0.15, 0.2) is 49.3 Å². The Morgan fingerprint density at radius 3 is 2.47 bits per heavy atom. The van der Waals surface area contributed by atoms with E-state index in [1.54, 1.807) is 36.1 Å². The molecular weight excluding hydrogens is 569 g/mol. The van der Waals surface area contributed by atoms with Crippen LogP contribution in [0, 0.1) is 6.92 Å². The Bertz CT molecular complexity index is 1490. The summed E-state index contributed by atoms with van der Waals surface area (Å²) >= 11 is 0. The van der Waals surface area contributed by atoms with E-state index in [4.69, 9.17) is 9.84 Å². The summed E-state index contributed by atoms with van der Waals surface area (Å²) in [4.78, 5) is 39.7. The van der Waals surface area contributed by atoms with E-state index in [0.29, 0.717) is 56.1 Å². The molecule has 0 aliphatic carbocycles. The van der Waals surface area contributed by atoms with Crippen molar-refractivity contribution < 1.29 is 32.6 Å². The molecule has 0 unspecified atom stereocenters. The van der Waals surface area contributed by atoms with E-state index in [-0.39, 0.29) is 23.2 Å². The molecular formula is C28H31F3N8O4. The minimum atomic E-state index is -4.78. The third kappa shape index (κ3) is 7.96. The number of hydrogen-bond donors (Lipinski definition) is 4. The van der Waals surface area contributed by atoms with Gasteiger partial charge in [-0.15, -0.1) is 0 Å². The average molecular weight is 601 g/mol. The number of aryl methyl sites for hydroxylation is 1. The molecule has 15 heteroatoms. The molecule has 2 aromatic heterocycles. The smallest absolute Gasteiger partial charge is 0.421 e. The van der Waals surface area contributed by atoms with Gasteiger partial charge in [0.25, 0.3) is 0 Å². The number of carbonyl (C=O) groups excluding carboxylic acids is 2. The number of benzene rings is 1. The van der Waals surface area contributed by atoms with Crippen molar-refractivity contribution >= 4 is 40.6 Å². The molecule has 1 saturated heterocycles. The number of carbonyl (C=O) groups is 2. The normalized spacial score (nSPS) is 13.8. The van der Waals surface area contributed by atoms with E-state index in [1.807, 2.05) is 0 Å². The van der Waals surface area contributed by atoms with Gasteiger partial charge in [0.2, 0.25) is 23.6 Å². The van der Waals surface area contributed by atoms with Gasteiger partial charge < -0.3 is 30.7 Å². The Morgan fingerprint density at radius 2 is 1.81 bits per heavy atom. The fourth-order valence-electron chi connectivity index (χ4n) is 4.34. The van der Waals surface area contributed by atoms with Gasteiger partial charge in [0.05, 0.1) is 24.2 Å². The number of aromatic nitrogens is 3. The maximum atomic E-state index is 14.0. The Kier molecular flexibility index (Phi) is 9.77. The number of methoxy groups -OCH3 is 1. The molecule has 4 rings (SSSR count). The van der Waals surface area contributed by atoms with Gasteiger partial charge in [-0.05, 0) is 36.3 Å². The molecule has 0 radical (unpaired) electrons. The third-order valence-electron chi connectivity index (χ3n) is 6.67. The van der Waals surface area contributed by atoms with Gasteiger partial charge in [0.15, 0.2) is 0 Å². The van der Waals surface area contributed by atoms with E-state index < -0.39 is 30.1 Å². The Labute approximate surface area is 245 Å². The zero-order chi connectivity index (χ0) is 31.1. The Hall–Kier alpha value is -4.76. The van der Waals surface area contributed by atoms with Gasteiger partial charge in [-0.3, -0.25) is 14.5 Å². The molecule has 0 atom stereocenters. The van der Waals surface area contributed by atoms with Crippen LogP contribution in [-0.4, -0.2) is 81.6 Å². The molecule has 43 heavy (non-hydrogen) atoms. The number of alkyl halides is 3. The van der Waals surface area contributed by atoms with Crippen molar-refractivity contribution in [1.82, 2.24) is 24.8 Å². The van der Waals surface area contributed by atoms with Crippen molar-refractivity contribution in [2.75, 3.05) is 55.8 Å². The number of anilines is 5. The lowest BCUT2D eigenvalue weighted by Crippen LogP contribution is -2.49. The van der Waals surface area contributed by atoms with Crippen molar-refractivity contribution in [2.45, 2.75) is 19.6 Å². The standard InChI is InChI=1S/C28H31F3N8O4/c1-4-23(41)34-22-11-18(15-38-7-9-39(10-8-38)25(42)16-40)5-6-20(22)35-26-19(28(29,30)31)14-33-27(37-26)36-21-12-24(43-3)32-13-17(21)2/h4-6,11-14,40H,1,7-10,15-16H2,2-3H3,(H,34,41)(H2,32,33,35,36,37). The van der Waals surface area contributed by atoms with Crippen molar-refractivity contribution in [3.8, 4) is 5.88 Å². The van der Waals surface area contributed by atoms with E-state index >= 15 is 0 Å². The van der Waals surface area contributed by atoms with Crippen molar-refractivity contribution in [1.29, 1.82) is 0 Å². The summed E-state index contributed by atoms with van der Waals surface area (Å²) in [5, 5.41) is 17.3.